The monoisotopic (exact) mass is 656 g/mol. The second kappa shape index (κ2) is 10.3. The van der Waals surface area contributed by atoms with E-state index in [0.717, 1.165) is 0 Å². The van der Waals surface area contributed by atoms with Crippen molar-refractivity contribution in [2.24, 2.45) is 0 Å². The van der Waals surface area contributed by atoms with Gasteiger partial charge in [0.25, 0.3) is 0 Å². The van der Waals surface area contributed by atoms with Crippen LogP contribution in [0.1, 0.15) is 69.2 Å². The predicted octanol–water partition coefficient (Wildman–Crippen LogP) is 5.94. The van der Waals surface area contributed by atoms with Crippen molar-refractivity contribution in [3.63, 3.8) is 0 Å². The Morgan fingerprint density at radius 3 is 0.318 bits per heavy atom. The molecule has 0 aromatic rings. The number of hydrogen-bond donors (Lipinski definition) is 0. The topological polar surface area (TPSA) is 0 Å². The van der Waals surface area contributed by atoms with Gasteiger partial charge in [-0.1, -0.05) is 69.2 Å². The summed E-state index contributed by atoms with van der Waals surface area (Å²) in [5, 5.41) is 0. The Morgan fingerprint density at radius 1 is 0.227 bits per heavy atom. The molecule has 0 aliphatic heterocycles. The minimum atomic E-state index is 0. The first-order valence-electron chi connectivity index (χ1n) is 7.50. The van der Waals surface area contributed by atoms with Gasteiger partial charge in [-0.05, 0) is 59.2 Å². The predicted molar refractivity (Wildman–Crippen MR) is 89.2 cm³/mol. The van der Waals surface area contributed by atoms with Crippen LogP contribution in [0.3, 0.4) is 0 Å². The molecule has 2 rings (SSSR count). The van der Waals surface area contributed by atoms with Crippen molar-refractivity contribution >= 4 is 0 Å². The van der Waals surface area contributed by atoms with Crippen LogP contribution in [0.15, 0.2) is 0 Å². The molecule has 22 heavy (non-hydrogen) atoms. The quantitative estimate of drug-likeness (QED) is 0.304. The Balaban J connectivity index is 0. The zero-order valence-corrected chi connectivity index (χ0v) is 20.5. The van der Waals surface area contributed by atoms with E-state index in [0.29, 0.717) is 0 Å². The first-order chi connectivity index (χ1) is 9.11. The Labute approximate surface area is 168 Å². The van der Waals surface area contributed by atoms with Crippen LogP contribution in [-0.2, 0) is 40.2 Å². The maximum absolute atomic E-state index is 2.20. The molecule has 0 aromatic heterocycles. The molecule has 2 aliphatic rings. The van der Waals surface area contributed by atoms with Crippen molar-refractivity contribution in [3.05, 3.63) is 59.2 Å². The van der Waals surface area contributed by atoms with Gasteiger partial charge in [0.15, 0.2) is 0 Å². The molecule has 0 amide bonds. The third-order valence-electron chi connectivity index (χ3n) is 5.62. The van der Waals surface area contributed by atoms with E-state index in [1.165, 1.54) is 59.2 Å². The van der Waals surface area contributed by atoms with Crippen LogP contribution < -0.4 is 0 Å². The summed E-state index contributed by atoms with van der Waals surface area (Å²) in [6.45, 7) is 22.0. The summed E-state index contributed by atoms with van der Waals surface area (Å²) in [5.74, 6) is 14.7. The molecule has 12 radical (unpaired) electrons. The molecule has 0 unspecified atom stereocenters. The Hall–Kier alpha value is 1.30. The van der Waals surface area contributed by atoms with E-state index in [9.17, 15) is 0 Å². The summed E-state index contributed by atoms with van der Waals surface area (Å²) in [6, 6.07) is 0. The van der Waals surface area contributed by atoms with Crippen LogP contribution in [0, 0.1) is 59.2 Å². The van der Waals surface area contributed by atoms with Crippen molar-refractivity contribution in [2.75, 3.05) is 0 Å². The normalized spacial score (nSPS) is 25.9. The number of hydrogen-bond acceptors (Lipinski definition) is 0. The van der Waals surface area contributed by atoms with Gasteiger partial charge in [-0.15, -0.1) is 0 Å². The molecule has 2 heteroatoms. The van der Waals surface area contributed by atoms with Gasteiger partial charge in [-0.3, -0.25) is 0 Å². The van der Waals surface area contributed by atoms with Gasteiger partial charge in [0, 0.05) is 40.2 Å². The average molecular weight is 655 g/mol. The SMILES string of the molecule is C[C]1[C](C)[C](C)[C](C)[C]1C.C[C]1[C](C)[C](C)[C](C)[C]1C.[Ir].[Ir]. The van der Waals surface area contributed by atoms with Crippen LogP contribution >= 0.6 is 0 Å². The van der Waals surface area contributed by atoms with Gasteiger partial charge in [-0.25, -0.2) is 0 Å². The third kappa shape index (κ3) is 5.15. The van der Waals surface area contributed by atoms with E-state index in [1.807, 2.05) is 0 Å². The van der Waals surface area contributed by atoms with E-state index < -0.39 is 0 Å². The van der Waals surface area contributed by atoms with Crippen LogP contribution in [0.2, 0.25) is 0 Å². The van der Waals surface area contributed by atoms with Gasteiger partial charge in [0.2, 0.25) is 0 Å². The molecule has 0 spiro atoms. The minimum absolute atomic E-state index is 0. The summed E-state index contributed by atoms with van der Waals surface area (Å²) in [4.78, 5) is 0. The first kappa shape index (κ1) is 25.5. The summed E-state index contributed by atoms with van der Waals surface area (Å²) in [5.41, 5.74) is 0. The molecule has 128 valence electrons. The molecule has 0 heterocycles. The summed E-state index contributed by atoms with van der Waals surface area (Å²) in [7, 11) is 0. The molecule has 2 fully saturated rings. The van der Waals surface area contributed by atoms with Gasteiger partial charge < -0.3 is 0 Å². The standard InChI is InChI=1S/2C10H15.2Ir/c2*1-6-7(2)9(4)10(5)8(6)3;;/h2*1-5H3;;. The van der Waals surface area contributed by atoms with Crippen LogP contribution in [-0.4, -0.2) is 0 Å². The van der Waals surface area contributed by atoms with Crippen LogP contribution in [0.25, 0.3) is 0 Å². The van der Waals surface area contributed by atoms with Crippen LogP contribution in [0.4, 0.5) is 0 Å². The minimum Gasteiger partial charge on any atom is -0.0579 e. The van der Waals surface area contributed by atoms with E-state index in [-0.39, 0.29) is 40.2 Å². The zero-order valence-electron chi connectivity index (χ0n) is 15.7. The van der Waals surface area contributed by atoms with Crippen LogP contribution in [0.5, 0.6) is 0 Å². The second-order valence-electron chi connectivity index (χ2n) is 6.25. The molecule has 2 saturated carbocycles. The average Bonchev–Trinajstić information content (AvgIpc) is 2.71. The summed E-state index contributed by atoms with van der Waals surface area (Å²) in [6.07, 6.45) is 0. The fraction of sp³-hybridized carbons (Fsp3) is 0.500. The molecule has 0 bridgehead atoms. The van der Waals surface area contributed by atoms with Crippen molar-refractivity contribution in [2.45, 2.75) is 69.2 Å². The Morgan fingerprint density at radius 2 is 0.273 bits per heavy atom. The summed E-state index contributed by atoms with van der Waals surface area (Å²) >= 11 is 0. The van der Waals surface area contributed by atoms with Gasteiger partial charge in [-0.2, -0.15) is 0 Å². The van der Waals surface area contributed by atoms with Crippen molar-refractivity contribution < 1.29 is 40.2 Å². The maximum atomic E-state index is 2.20. The smallest absolute Gasteiger partial charge is 0 e. The van der Waals surface area contributed by atoms with Gasteiger partial charge in [0.05, 0.1) is 0 Å². The molecule has 0 nitrogen and oxygen atoms in total. The third-order valence-corrected chi connectivity index (χ3v) is 5.62. The maximum Gasteiger partial charge on any atom is 0 e. The molecule has 0 N–H and O–H groups in total. The molecule has 0 aromatic carbocycles. The van der Waals surface area contributed by atoms with E-state index in [2.05, 4.69) is 69.2 Å². The molecular weight excluding hydrogens is 625 g/mol. The van der Waals surface area contributed by atoms with Crippen molar-refractivity contribution in [3.8, 4) is 0 Å². The Kier molecular flexibility index (Phi) is 12.0. The molecule has 0 saturated heterocycles. The zero-order chi connectivity index (χ0) is 15.8. The largest absolute Gasteiger partial charge is 0.0579 e. The first-order valence-corrected chi connectivity index (χ1v) is 7.50. The van der Waals surface area contributed by atoms with Crippen molar-refractivity contribution in [1.29, 1.82) is 0 Å². The van der Waals surface area contributed by atoms with E-state index >= 15 is 0 Å². The second-order valence-corrected chi connectivity index (χ2v) is 6.25. The van der Waals surface area contributed by atoms with Gasteiger partial charge in [0.1, 0.15) is 0 Å². The van der Waals surface area contributed by atoms with E-state index in [4.69, 9.17) is 0 Å². The Bertz CT molecular complexity index is 184. The van der Waals surface area contributed by atoms with Crippen molar-refractivity contribution in [1.82, 2.24) is 0 Å². The fourth-order valence-electron chi connectivity index (χ4n) is 2.81. The molecule has 2 aliphatic carbocycles. The van der Waals surface area contributed by atoms with Gasteiger partial charge >= 0.3 is 0 Å². The fourth-order valence-corrected chi connectivity index (χ4v) is 2.81. The summed E-state index contributed by atoms with van der Waals surface area (Å²) < 4.78 is 0. The number of rotatable bonds is 0. The molecule has 0 atom stereocenters. The van der Waals surface area contributed by atoms with E-state index in [1.54, 1.807) is 0 Å². The molecular formula is C20H30Ir2.